The molecule has 5 nitrogen and oxygen atoms in total. The fourth-order valence-corrected chi connectivity index (χ4v) is 2.95. The molecule has 1 heterocycles. The van der Waals surface area contributed by atoms with E-state index in [0.717, 1.165) is 12.1 Å². The van der Waals surface area contributed by atoms with Gasteiger partial charge in [0.1, 0.15) is 11.5 Å². The van der Waals surface area contributed by atoms with Crippen LogP contribution in [-0.4, -0.2) is 27.8 Å². The third kappa shape index (κ3) is 6.01. The van der Waals surface area contributed by atoms with Crippen LogP contribution in [0.1, 0.15) is 39.0 Å². The first-order valence-electron chi connectivity index (χ1n) is 9.55. The van der Waals surface area contributed by atoms with Gasteiger partial charge in [-0.25, -0.2) is 4.79 Å². The number of pyridine rings is 1. The van der Waals surface area contributed by atoms with E-state index in [9.17, 15) is 28.2 Å². The number of alkyl halides is 3. The van der Waals surface area contributed by atoms with E-state index in [1.807, 2.05) is 0 Å². The van der Waals surface area contributed by atoms with Gasteiger partial charge in [-0.3, -0.25) is 4.98 Å². The van der Waals surface area contributed by atoms with Crippen LogP contribution in [0.25, 0.3) is 0 Å². The van der Waals surface area contributed by atoms with Gasteiger partial charge in [-0.2, -0.15) is 13.2 Å². The van der Waals surface area contributed by atoms with Crippen LogP contribution < -0.4 is 4.74 Å². The van der Waals surface area contributed by atoms with Crippen LogP contribution in [0, 0.1) is 11.8 Å². The summed E-state index contributed by atoms with van der Waals surface area (Å²) in [6.07, 6.45) is -0.538. The number of aromatic nitrogens is 1. The highest BCUT2D eigenvalue weighted by atomic mass is 19.4. The molecule has 0 bridgehead atoms. The first-order valence-corrected chi connectivity index (χ1v) is 9.55. The Labute approximate surface area is 182 Å². The number of carboxylic acid groups (broad SMARTS) is 1. The third-order valence-electron chi connectivity index (χ3n) is 4.50. The van der Waals surface area contributed by atoms with Crippen molar-refractivity contribution in [2.75, 3.05) is 6.61 Å². The van der Waals surface area contributed by atoms with Crippen LogP contribution in [0.2, 0.25) is 0 Å². The quantitative estimate of drug-likeness (QED) is 0.420. The van der Waals surface area contributed by atoms with Crippen molar-refractivity contribution in [3.05, 3.63) is 88.7 Å². The van der Waals surface area contributed by atoms with Crippen LogP contribution in [0.3, 0.4) is 0 Å². The number of ether oxygens (including phenoxy) is 1. The fraction of sp³-hybridized carbons (Fsp3) is 0.167. The lowest BCUT2D eigenvalue weighted by Gasteiger charge is -2.10. The number of hydrogen-bond acceptors (Lipinski definition) is 4. The summed E-state index contributed by atoms with van der Waals surface area (Å²) in [6.45, 7) is 0.352. The highest BCUT2D eigenvalue weighted by molar-refractivity contribution is 5.88. The predicted octanol–water partition coefficient (Wildman–Crippen LogP) is 4.92. The number of halogens is 3. The molecule has 0 fully saturated rings. The Bertz CT molecular complexity index is 1170. The molecule has 0 spiro atoms. The molecule has 2 N–H and O–H groups in total. The Hall–Kier alpha value is -3.99. The number of phenolic OH excluding ortho intramolecular Hbond substituents is 1. The summed E-state index contributed by atoms with van der Waals surface area (Å²) in [7, 11) is 0. The second kappa shape index (κ2) is 9.88. The highest BCUT2D eigenvalue weighted by Gasteiger charge is 2.33. The average molecular weight is 441 g/mol. The molecule has 0 radical (unpaired) electrons. The van der Waals surface area contributed by atoms with Gasteiger partial charge < -0.3 is 14.9 Å². The normalized spacial score (nSPS) is 10.8. The molecule has 164 valence electrons. The van der Waals surface area contributed by atoms with Crippen molar-refractivity contribution in [2.45, 2.75) is 19.0 Å². The average Bonchev–Trinajstić information content (AvgIpc) is 2.76. The van der Waals surface area contributed by atoms with E-state index in [1.165, 1.54) is 18.2 Å². The largest absolute Gasteiger partial charge is 0.508 e. The van der Waals surface area contributed by atoms with Crippen molar-refractivity contribution in [2.24, 2.45) is 0 Å². The number of rotatable bonds is 6. The Morgan fingerprint density at radius 2 is 1.69 bits per heavy atom. The number of carboxylic acids is 1. The maximum absolute atomic E-state index is 13.3. The molecule has 0 atom stereocenters. The van der Waals surface area contributed by atoms with E-state index in [0.29, 0.717) is 42.4 Å². The lowest BCUT2D eigenvalue weighted by Crippen LogP contribution is -2.07. The summed E-state index contributed by atoms with van der Waals surface area (Å²) in [5.74, 6) is 4.23. The molecule has 32 heavy (non-hydrogen) atoms. The van der Waals surface area contributed by atoms with Gasteiger partial charge in [0.2, 0.25) is 0 Å². The second-order valence-electron chi connectivity index (χ2n) is 6.79. The van der Waals surface area contributed by atoms with Crippen molar-refractivity contribution in [1.82, 2.24) is 4.98 Å². The molecule has 3 aromatic rings. The number of carbonyl (C=O) groups is 1. The molecular weight excluding hydrogens is 423 g/mol. The molecular formula is C24H18F3NO4. The predicted molar refractivity (Wildman–Crippen MR) is 111 cm³/mol. The van der Waals surface area contributed by atoms with E-state index >= 15 is 0 Å². The van der Waals surface area contributed by atoms with E-state index in [-0.39, 0.29) is 11.1 Å². The van der Waals surface area contributed by atoms with Gasteiger partial charge in [-0.15, -0.1) is 0 Å². The fourth-order valence-electron chi connectivity index (χ4n) is 2.95. The molecule has 0 unspecified atom stereocenters. The number of hydrogen-bond donors (Lipinski definition) is 2. The van der Waals surface area contributed by atoms with Crippen molar-refractivity contribution >= 4 is 5.97 Å². The molecule has 0 saturated heterocycles. The van der Waals surface area contributed by atoms with Gasteiger partial charge in [-0.05, 0) is 66.9 Å². The van der Waals surface area contributed by atoms with Crippen molar-refractivity contribution in [3.8, 4) is 23.3 Å². The molecule has 2 aromatic carbocycles. The minimum atomic E-state index is -4.68. The van der Waals surface area contributed by atoms with E-state index in [1.54, 1.807) is 24.5 Å². The van der Waals surface area contributed by atoms with Gasteiger partial charge in [0.25, 0.3) is 0 Å². The minimum Gasteiger partial charge on any atom is -0.508 e. The van der Waals surface area contributed by atoms with Crippen LogP contribution in [-0.2, 0) is 12.6 Å². The zero-order chi connectivity index (χ0) is 23.1. The molecule has 1 aromatic heterocycles. The van der Waals surface area contributed by atoms with Crippen LogP contribution >= 0.6 is 0 Å². The highest BCUT2D eigenvalue weighted by Crippen LogP contribution is 2.33. The number of aromatic carboxylic acids is 1. The lowest BCUT2D eigenvalue weighted by molar-refractivity contribution is -0.137. The number of phenols is 1. The Balaban J connectivity index is 1.84. The first-order chi connectivity index (χ1) is 15.2. The number of nitrogens with zero attached hydrogens (tertiary/aromatic N) is 1. The van der Waals surface area contributed by atoms with Gasteiger partial charge >= 0.3 is 12.1 Å². The minimum absolute atomic E-state index is 0.0567. The van der Waals surface area contributed by atoms with Crippen LogP contribution in [0.15, 0.2) is 60.9 Å². The number of benzene rings is 2. The maximum atomic E-state index is 13.3. The monoisotopic (exact) mass is 441 g/mol. The van der Waals surface area contributed by atoms with Gasteiger partial charge in [-0.1, -0.05) is 11.8 Å². The molecule has 8 heteroatoms. The summed E-state index contributed by atoms with van der Waals surface area (Å²) in [5, 5.41) is 18.7. The van der Waals surface area contributed by atoms with E-state index < -0.39 is 23.5 Å². The topological polar surface area (TPSA) is 79.7 Å². The van der Waals surface area contributed by atoms with Gasteiger partial charge in [0, 0.05) is 23.5 Å². The van der Waals surface area contributed by atoms with Gasteiger partial charge in [0.15, 0.2) is 0 Å². The summed E-state index contributed by atoms with van der Waals surface area (Å²) in [6, 6.07) is 10.5. The molecule has 0 aliphatic carbocycles. The third-order valence-corrected chi connectivity index (χ3v) is 4.50. The van der Waals surface area contributed by atoms with E-state index in [2.05, 4.69) is 16.8 Å². The molecule has 0 amide bonds. The standard InChI is InChI=1S/C24H18F3NO4/c25-24(26,27)22-15-20(29)8-7-17(22)5-3-16-4-6-19(23(30)31)14-18(16)2-1-13-32-21-9-11-28-12-10-21/h4,6-12,14-15,29H,1-2,13H2,(H,30,31). The van der Waals surface area contributed by atoms with Crippen molar-refractivity contribution < 1.29 is 32.9 Å². The molecule has 3 rings (SSSR count). The Morgan fingerprint density at radius 1 is 1.00 bits per heavy atom. The number of aromatic hydroxyl groups is 1. The second-order valence-corrected chi connectivity index (χ2v) is 6.79. The molecule has 0 aliphatic rings. The molecule has 0 saturated carbocycles. The lowest BCUT2D eigenvalue weighted by atomic mass is 9.99. The summed E-state index contributed by atoms with van der Waals surface area (Å²) in [5.41, 5.74) is -0.270. The smallest absolute Gasteiger partial charge is 0.417 e. The maximum Gasteiger partial charge on any atom is 0.417 e. The summed E-state index contributed by atoms with van der Waals surface area (Å²) in [4.78, 5) is 15.2. The Kier molecular flexibility index (Phi) is 7.00. The summed E-state index contributed by atoms with van der Waals surface area (Å²) >= 11 is 0. The van der Waals surface area contributed by atoms with Crippen LogP contribution in [0.5, 0.6) is 11.5 Å². The van der Waals surface area contributed by atoms with Crippen LogP contribution in [0.4, 0.5) is 13.2 Å². The number of aryl methyl sites for hydroxylation is 1. The zero-order valence-electron chi connectivity index (χ0n) is 16.7. The SMILES string of the molecule is O=C(O)c1ccc(C#Cc2ccc(O)cc2C(F)(F)F)c(CCCOc2ccncc2)c1. The van der Waals surface area contributed by atoms with Crippen molar-refractivity contribution in [1.29, 1.82) is 0 Å². The van der Waals surface area contributed by atoms with Crippen molar-refractivity contribution in [3.63, 3.8) is 0 Å². The zero-order valence-corrected chi connectivity index (χ0v) is 16.7. The van der Waals surface area contributed by atoms with E-state index in [4.69, 9.17) is 4.74 Å². The first kappa shape index (κ1) is 22.7. The Morgan fingerprint density at radius 3 is 2.38 bits per heavy atom. The summed E-state index contributed by atoms with van der Waals surface area (Å²) < 4.78 is 45.4. The molecule has 0 aliphatic heterocycles. The van der Waals surface area contributed by atoms with Gasteiger partial charge in [0.05, 0.1) is 17.7 Å².